The highest BCUT2D eigenvalue weighted by Crippen LogP contribution is 2.31. The maximum absolute atomic E-state index is 12.6. The van der Waals surface area contributed by atoms with Crippen LogP contribution in [0, 0.1) is 13.8 Å². The first-order valence-corrected chi connectivity index (χ1v) is 9.02. The predicted octanol–water partition coefficient (Wildman–Crippen LogP) is 5.07. The minimum Gasteiger partial charge on any atom is -0.324 e. The number of anilines is 2. The van der Waals surface area contributed by atoms with Crippen molar-refractivity contribution in [1.29, 1.82) is 0 Å². The number of benzene rings is 2. The van der Waals surface area contributed by atoms with E-state index in [4.69, 9.17) is 11.6 Å². The van der Waals surface area contributed by atoms with E-state index in [1.54, 1.807) is 17.0 Å². The number of hydrogen-bond donors (Lipinski definition) is 1. The summed E-state index contributed by atoms with van der Waals surface area (Å²) in [5, 5.41) is 3.41. The van der Waals surface area contributed by atoms with E-state index in [2.05, 4.69) is 19.2 Å². The van der Waals surface area contributed by atoms with Crippen LogP contribution in [0.3, 0.4) is 0 Å². The molecule has 2 rings (SSSR count). The average Bonchev–Trinajstić information content (AvgIpc) is 2.56. The maximum atomic E-state index is 12.6. The number of nitrogens with one attached hydrogen (secondary N) is 1. The van der Waals surface area contributed by atoms with Gasteiger partial charge in [-0.1, -0.05) is 49.7 Å². The molecule has 0 aliphatic carbocycles. The van der Waals surface area contributed by atoms with Crippen molar-refractivity contribution in [1.82, 2.24) is 0 Å². The molecule has 0 saturated carbocycles. The van der Waals surface area contributed by atoms with E-state index >= 15 is 0 Å². The number of nitrogens with zero attached hydrogens (tertiary/aromatic N) is 1. The fourth-order valence-electron chi connectivity index (χ4n) is 2.93. The molecule has 138 valence electrons. The average molecular weight is 373 g/mol. The lowest BCUT2D eigenvalue weighted by Gasteiger charge is -2.27. The largest absolute Gasteiger partial charge is 0.324 e. The van der Waals surface area contributed by atoms with Crippen LogP contribution in [0.5, 0.6) is 0 Å². The second kappa shape index (κ2) is 8.37. The Hall–Kier alpha value is -2.33. The van der Waals surface area contributed by atoms with Crippen LogP contribution in [0.25, 0.3) is 0 Å². The van der Waals surface area contributed by atoms with Crippen LogP contribution in [-0.4, -0.2) is 18.4 Å². The van der Waals surface area contributed by atoms with E-state index in [9.17, 15) is 9.59 Å². The molecule has 0 spiro atoms. The van der Waals surface area contributed by atoms with E-state index in [1.165, 1.54) is 6.92 Å². The lowest BCUT2D eigenvalue weighted by Crippen LogP contribution is -2.38. The number of amides is 2. The number of carbonyl (C=O) groups is 2. The quantitative estimate of drug-likeness (QED) is 0.796. The zero-order valence-corrected chi connectivity index (χ0v) is 16.6. The van der Waals surface area contributed by atoms with Crippen LogP contribution in [0.1, 0.15) is 43.4 Å². The number of hydrogen-bond acceptors (Lipinski definition) is 2. The van der Waals surface area contributed by atoms with E-state index < -0.39 is 0 Å². The van der Waals surface area contributed by atoms with Gasteiger partial charge in [-0.05, 0) is 48.6 Å². The summed E-state index contributed by atoms with van der Waals surface area (Å²) in [6.07, 6.45) is 0. The molecule has 2 amide bonds. The normalized spacial score (nSPS) is 10.7. The first-order chi connectivity index (χ1) is 12.2. The van der Waals surface area contributed by atoms with Crippen molar-refractivity contribution < 1.29 is 9.59 Å². The van der Waals surface area contributed by atoms with Crippen molar-refractivity contribution in [2.24, 2.45) is 0 Å². The minimum atomic E-state index is -0.261. The van der Waals surface area contributed by atoms with E-state index in [0.717, 1.165) is 22.4 Å². The second-order valence-electron chi connectivity index (χ2n) is 6.78. The van der Waals surface area contributed by atoms with E-state index in [0.29, 0.717) is 10.7 Å². The summed E-state index contributed by atoms with van der Waals surface area (Å²) < 4.78 is 0. The van der Waals surface area contributed by atoms with Crippen molar-refractivity contribution in [3.8, 4) is 0 Å². The first-order valence-electron chi connectivity index (χ1n) is 8.64. The molecule has 4 nitrogen and oxygen atoms in total. The molecular weight excluding hydrogens is 348 g/mol. The van der Waals surface area contributed by atoms with Gasteiger partial charge in [0, 0.05) is 17.6 Å². The zero-order valence-electron chi connectivity index (χ0n) is 15.9. The molecule has 26 heavy (non-hydrogen) atoms. The van der Waals surface area contributed by atoms with Crippen LogP contribution in [0.15, 0.2) is 36.4 Å². The third-order valence-electron chi connectivity index (χ3n) is 4.32. The van der Waals surface area contributed by atoms with Gasteiger partial charge in [-0.15, -0.1) is 0 Å². The van der Waals surface area contributed by atoms with E-state index in [1.807, 2.05) is 38.1 Å². The number of para-hydroxylation sites is 1. The molecule has 1 N–H and O–H groups in total. The zero-order chi connectivity index (χ0) is 19.4. The molecule has 0 atom stereocenters. The Morgan fingerprint density at radius 3 is 2.42 bits per heavy atom. The highest BCUT2D eigenvalue weighted by atomic mass is 35.5. The first kappa shape index (κ1) is 20.0. The summed E-state index contributed by atoms with van der Waals surface area (Å²) >= 11 is 6.01. The Kier molecular flexibility index (Phi) is 6.43. The number of aryl methyl sites for hydroxylation is 2. The van der Waals surface area contributed by atoms with Crippen molar-refractivity contribution in [2.45, 2.75) is 40.5 Å². The van der Waals surface area contributed by atoms with Crippen molar-refractivity contribution in [3.05, 3.63) is 58.1 Å². The topological polar surface area (TPSA) is 49.4 Å². The lowest BCUT2D eigenvalue weighted by atomic mass is 9.97. The van der Waals surface area contributed by atoms with Gasteiger partial charge in [-0.2, -0.15) is 0 Å². The second-order valence-corrected chi connectivity index (χ2v) is 7.22. The fourth-order valence-corrected chi connectivity index (χ4v) is 3.10. The van der Waals surface area contributed by atoms with Gasteiger partial charge >= 0.3 is 0 Å². The standard InChI is InChI=1S/C21H25ClN2O2/c1-13(2)18-8-6-7-15(4)21(18)24(16(5)25)12-20(26)23-19-11-17(22)10-9-14(19)3/h6-11,13H,12H2,1-5H3,(H,23,26). The number of carbonyl (C=O) groups excluding carboxylic acids is 2. The van der Waals surface area contributed by atoms with Crippen LogP contribution >= 0.6 is 11.6 Å². The molecule has 5 heteroatoms. The summed E-state index contributed by atoms with van der Waals surface area (Å²) in [7, 11) is 0. The van der Waals surface area contributed by atoms with Crippen molar-refractivity contribution in [2.75, 3.05) is 16.8 Å². The van der Waals surface area contributed by atoms with Crippen LogP contribution in [-0.2, 0) is 9.59 Å². The Bertz CT molecular complexity index is 831. The Balaban J connectivity index is 2.31. The lowest BCUT2D eigenvalue weighted by molar-refractivity contribution is -0.120. The number of rotatable bonds is 5. The molecule has 0 bridgehead atoms. The third kappa shape index (κ3) is 4.64. The molecule has 2 aromatic carbocycles. The Morgan fingerprint density at radius 1 is 1.12 bits per heavy atom. The minimum absolute atomic E-state index is 0.0497. The van der Waals surface area contributed by atoms with Gasteiger partial charge in [-0.25, -0.2) is 0 Å². The molecule has 0 aliphatic rings. The van der Waals surface area contributed by atoms with Gasteiger partial charge in [0.1, 0.15) is 6.54 Å². The molecule has 0 saturated heterocycles. The maximum Gasteiger partial charge on any atom is 0.244 e. The fraction of sp³-hybridized carbons (Fsp3) is 0.333. The molecule has 0 unspecified atom stereocenters. The highest BCUT2D eigenvalue weighted by molar-refractivity contribution is 6.31. The van der Waals surface area contributed by atoms with Gasteiger partial charge in [0.15, 0.2) is 0 Å². The van der Waals surface area contributed by atoms with Gasteiger partial charge in [-0.3, -0.25) is 9.59 Å². The smallest absolute Gasteiger partial charge is 0.244 e. The Morgan fingerprint density at radius 2 is 1.81 bits per heavy atom. The highest BCUT2D eigenvalue weighted by Gasteiger charge is 2.22. The van der Waals surface area contributed by atoms with Gasteiger partial charge in [0.05, 0.1) is 5.69 Å². The summed E-state index contributed by atoms with van der Waals surface area (Å²) in [5.41, 5.74) is 4.40. The molecule has 0 radical (unpaired) electrons. The molecule has 0 heterocycles. The van der Waals surface area contributed by atoms with Crippen molar-refractivity contribution >= 4 is 34.8 Å². The van der Waals surface area contributed by atoms with Crippen LogP contribution in [0.2, 0.25) is 5.02 Å². The third-order valence-corrected chi connectivity index (χ3v) is 4.55. The van der Waals surface area contributed by atoms with Crippen molar-refractivity contribution in [3.63, 3.8) is 0 Å². The van der Waals surface area contributed by atoms with Gasteiger partial charge in [0.25, 0.3) is 0 Å². The van der Waals surface area contributed by atoms with Gasteiger partial charge in [0.2, 0.25) is 11.8 Å². The molecule has 0 aromatic heterocycles. The van der Waals surface area contributed by atoms with Crippen LogP contribution < -0.4 is 10.2 Å². The summed E-state index contributed by atoms with van der Waals surface area (Å²) in [6.45, 7) is 9.43. The Labute approximate surface area is 160 Å². The number of halogens is 1. The monoisotopic (exact) mass is 372 g/mol. The van der Waals surface area contributed by atoms with Gasteiger partial charge < -0.3 is 10.2 Å². The van der Waals surface area contributed by atoms with E-state index in [-0.39, 0.29) is 24.3 Å². The molecule has 2 aromatic rings. The summed E-state index contributed by atoms with van der Waals surface area (Å²) in [5.74, 6) is -0.187. The van der Waals surface area contributed by atoms with Crippen LogP contribution in [0.4, 0.5) is 11.4 Å². The summed E-state index contributed by atoms with van der Waals surface area (Å²) in [4.78, 5) is 26.5. The molecular formula is C21H25ClN2O2. The SMILES string of the molecule is CC(=O)N(CC(=O)Nc1cc(Cl)ccc1C)c1c(C)cccc1C(C)C. The molecule has 0 fully saturated rings. The summed E-state index contributed by atoms with van der Waals surface area (Å²) in [6, 6.07) is 11.3. The predicted molar refractivity (Wildman–Crippen MR) is 108 cm³/mol. The molecule has 0 aliphatic heterocycles.